The van der Waals surface area contributed by atoms with E-state index in [1.807, 2.05) is 13.0 Å². The molecule has 0 fully saturated rings. The summed E-state index contributed by atoms with van der Waals surface area (Å²) in [5.41, 5.74) is 3.45. The van der Waals surface area contributed by atoms with Gasteiger partial charge in [-0.2, -0.15) is 0 Å². The molecule has 4 heteroatoms. The van der Waals surface area contributed by atoms with Gasteiger partial charge in [0.1, 0.15) is 12.4 Å². The third-order valence-corrected chi connectivity index (χ3v) is 4.52. The van der Waals surface area contributed by atoms with Gasteiger partial charge in [-0.3, -0.25) is 0 Å². The predicted octanol–water partition coefficient (Wildman–Crippen LogP) is 5.33. The van der Waals surface area contributed by atoms with Crippen LogP contribution in [0, 0.1) is 6.92 Å². The Bertz CT molecular complexity index is 713. The summed E-state index contributed by atoms with van der Waals surface area (Å²) < 4.78 is 7.09. The largest absolute Gasteiger partial charge is 0.489 e. The highest BCUT2D eigenvalue weighted by Gasteiger charge is 2.20. The predicted molar refractivity (Wildman–Crippen MR) is 95.3 cm³/mol. The molecule has 0 radical (unpaired) electrons. The molecule has 0 aromatic heterocycles. The molecule has 0 heterocycles. The fourth-order valence-corrected chi connectivity index (χ4v) is 2.61. The highest BCUT2D eigenvalue weighted by atomic mass is 79.9. The average molecular weight is 377 g/mol. The lowest BCUT2D eigenvalue weighted by atomic mass is 9.86. The lowest BCUT2D eigenvalue weighted by Crippen LogP contribution is -2.14. The summed E-state index contributed by atoms with van der Waals surface area (Å²) in [6.45, 7) is 8.89. The Kier molecular flexibility index (Phi) is 5.15. The highest BCUT2D eigenvalue weighted by molar-refractivity contribution is 9.10. The molecule has 0 atom stereocenters. The van der Waals surface area contributed by atoms with Gasteiger partial charge in [-0.25, -0.2) is 4.79 Å². The summed E-state index contributed by atoms with van der Waals surface area (Å²) in [4.78, 5) is 10.9. The molecule has 122 valence electrons. The fraction of sp³-hybridized carbons (Fsp3) is 0.316. The maximum absolute atomic E-state index is 10.9. The van der Waals surface area contributed by atoms with Crippen LogP contribution in [-0.4, -0.2) is 11.1 Å². The molecular formula is C19H21BrO3. The van der Waals surface area contributed by atoms with Crippen molar-refractivity contribution >= 4 is 21.9 Å². The molecule has 0 aliphatic rings. The van der Waals surface area contributed by atoms with E-state index in [-0.39, 0.29) is 11.0 Å². The van der Waals surface area contributed by atoms with E-state index in [0.29, 0.717) is 6.61 Å². The highest BCUT2D eigenvalue weighted by Crippen LogP contribution is 2.36. The van der Waals surface area contributed by atoms with Crippen LogP contribution in [0.4, 0.5) is 0 Å². The van der Waals surface area contributed by atoms with Crippen molar-refractivity contribution in [2.75, 3.05) is 0 Å². The van der Waals surface area contributed by atoms with Crippen LogP contribution in [-0.2, 0) is 12.0 Å². The molecule has 0 spiro atoms. The number of carbonyl (C=O) groups is 1. The van der Waals surface area contributed by atoms with Crippen LogP contribution < -0.4 is 4.74 Å². The Morgan fingerprint density at radius 3 is 2.30 bits per heavy atom. The maximum atomic E-state index is 10.9. The van der Waals surface area contributed by atoms with Gasteiger partial charge >= 0.3 is 5.97 Å². The first-order valence-corrected chi connectivity index (χ1v) is 8.23. The Morgan fingerprint density at radius 1 is 1.17 bits per heavy atom. The zero-order chi connectivity index (χ0) is 17.2. The van der Waals surface area contributed by atoms with Crippen LogP contribution in [0.1, 0.15) is 47.8 Å². The van der Waals surface area contributed by atoms with Gasteiger partial charge in [-0.1, -0.05) is 48.8 Å². The van der Waals surface area contributed by atoms with E-state index in [0.717, 1.165) is 26.9 Å². The number of ether oxygens (including phenoxy) is 1. The number of aromatic carboxylic acids is 1. The number of rotatable bonds is 4. The normalized spacial score (nSPS) is 11.3. The van der Waals surface area contributed by atoms with Crippen molar-refractivity contribution in [2.24, 2.45) is 0 Å². The average Bonchev–Trinajstić information content (AvgIpc) is 2.47. The number of carboxylic acid groups (broad SMARTS) is 1. The summed E-state index contributed by atoms with van der Waals surface area (Å²) in [7, 11) is 0. The van der Waals surface area contributed by atoms with Gasteiger partial charge in [0.25, 0.3) is 0 Å². The van der Waals surface area contributed by atoms with Crippen LogP contribution in [0.2, 0.25) is 0 Å². The Hall–Kier alpha value is -1.81. The number of hydrogen-bond acceptors (Lipinski definition) is 2. The van der Waals surface area contributed by atoms with Crippen LogP contribution in [0.25, 0.3) is 0 Å². The van der Waals surface area contributed by atoms with Crippen LogP contribution >= 0.6 is 15.9 Å². The lowest BCUT2D eigenvalue weighted by molar-refractivity contribution is 0.0697. The molecule has 0 bridgehead atoms. The molecule has 1 N–H and O–H groups in total. The molecule has 3 nitrogen and oxygen atoms in total. The molecule has 2 rings (SSSR count). The van der Waals surface area contributed by atoms with Crippen LogP contribution in [0.15, 0.2) is 40.9 Å². The zero-order valence-corrected chi connectivity index (χ0v) is 15.4. The van der Waals surface area contributed by atoms with Gasteiger partial charge in [0, 0.05) is 10.0 Å². The first kappa shape index (κ1) is 17.5. The van der Waals surface area contributed by atoms with Crippen LogP contribution in [0.5, 0.6) is 5.75 Å². The fourth-order valence-electron chi connectivity index (χ4n) is 2.27. The third-order valence-electron chi connectivity index (χ3n) is 3.66. The van der Waals surface area contributed by atoms with E-state index >= 15 is 0 Å². The number of carboxylic acids is 1. The smallest absolute Gasteiger partial charge is 0.335 e. The standard InChI is InChI=1S/C19H21BrO3/c1-12-9-17(15(10-16(12)20)19(2,3)4)23-11-13-5-7-14(8-6-13)18(21)22/h5-10H,11H2,1-4H3,(H,21,22). The minimum Gasteiger partial charge on any atom is -0.489 e. The molecule has 0 saturated heterocycles. The van der Waals surface area contributed by atoms with E-state index in [1.54, 1.807) is 24.3 Å². The third kappa shape index (κ3) is 4.35. The topological polar surface area (TPSA) is 46.5 Å². The Labute approximate surface area is 145 Å². The molecular weight excluding hydrogens is 356 g/mol. The van der Waals surface area contributed by atoms with Crippen LogP contribution in [0.3, 0.4) is 0 Å². The van der Waals surface area contributed by atoms with Crippen molar-refractivity contribution in [1.82, 2.24) is 0 Å². The monoisotopic (exact) mass is 376 g/mol. The number of aryl methyl sites for hydroxylation is 1. The summed E-state index contributed by atoms with van der Waals surface area (Å²) in [6.07, 6.45) is 0. The van der Waals surface area contributed by atoms with Gasteiger partial charge in [-0.15, -0.1) is 0 Å². The number of hydrogen-bond donors (Lipinski definition) is 1. The minimum absolute atomic E-state index is 0.0290. The van der Waals surface area contributed by atoms with Gasteiger partial charge < -0.3 is 9.84 Å². The summed E-state index contributed by atoms with van der Waals surface area (Å²) in [6, 6.07) is 10.9. The molecule has 2 aromatic rings. The van der Waals surface area contributed by atoms with Crippen molar-refractivity contribution in [3.8, 4) is 5.75 Å². The van der Waals surface area contributed by atoms with Crippen molar-refractivity contribution in [3.63, 3.8) is 0 Å². The van der Waals surface area contributed by atoms with E-state index in [2.05, 4.69) is 42.8 Å². The Morgan fingerprint density at radius 2 is 1.78 bits per heavy atom. The van der Waals surface area contributed by atoms with Gasteiger partial charge in [0.15, 0.2) is 0 Å². The van der Waals surface area contributed by atoms with Crippen molar-refractivity contribution in [2.45, 2.75) is 39.7 Å². The lowest BCUT2D eigenvalue weighted by Gasteiger charge is -2.24. The van der Waals surface area contributed by atoms with Crippen molar-refractivity contribution in [1.29, 1.82) is 0 Å². The molecule has 23 heavy (non-hydrogen) atoms. The number of halogens is 1. The summed E-state index contributed by atoms with van der Waals surface area (Å²) in [5.74, 6) is -0.0588. The van der Waals surface area contributed by atoms with E-state index < -0.39 is 5.97 Å². The molecule has 0 aliphatic heterocycles. The zero-order valence-electron chi connectivity index (χ0n) is 13.8. The Balaban J connectivity index is 2.23. The molecule has 0 amide bonds. The SMILES string of the molecule is Cc1cc(OCc2ccc(C(=O)O)cc2)c(C(C)(C)C)cc1Br. The first-order valence-electron chi connectivity index (χ1n) is 7.44. The molecule has 0 saturated carbocycles. The second-order valence-electron chi connectivity index (χ2n) is 6.64. The van der Waals surface area contributed by atoms with E-state index in [9.17, 15) is 4.79 Å². The molecule has 0 aliphatic carbocycles. The maximum Gasteiger partial charge on any atom is 0.335 e. The van der Waals surface area contributed by atoms with Crippen molar-refractivity contribution in [3.05, 3.63) is 63.1 Å². The first-order chi connectivity index (χ1) is 10.7. The second kappa shape index (κ2) is 6.75. The minimum atomic E-state index is -0.920. The van der Waals surface area contributed by atoms with Gasteiger partial charge in [0.05, 0.1) is 5.56 Å². The van der Waals surface area contributed by atoms with Crippen molar-refractivity contribution < 1.29 is 14.6 Å². The van der Waals surface area contributed by atoms with Gasteiger partial charge in [-0.05, 0) is 47.7 Å². The number of benzene rings is 2. The quantitative estimate of drug-likeness (QED) is 0.783. The van der Waals surface area contributed by atoms with E-state index in [1.165, 1.54) is 0 Å². The van der Waals surface area contributed by atoms with Gasteiger partial charge in [0.2, 0.25) is 0 Å². The van der Waals surface area contributed by atoms with E-state index in [4.69, 9.17) is 9.84 Å². The summed E-state index contributed by atoms with van der Waals surface area (Å²) >= 11 is 3.58. The second-order valence-corrected chi connectivity index (χ2v) is 7.49. The molecule has 0 unspecified atom stereocenters. The summed E-state index contributed by atoms with van der Waals surface area (Å²) in [5, 5.41) is 8.93. The molecule has 2 aromatic carbocycles.